The van der Waals surface area contributed by atoms with Crippen molar-refractivity contribution in [3.8, 4) is 10.4 Å². The van der Waals surface area contributed by atoms with Crippen molar-refractivity contribution in [2.24, 2.45) is 0 Å². The van der Waals surface area contributed by atoms with E-state index >= 15 is 0 Å². The van der Waals surface area contributed by atoms with Gasteiger partial charge in [-0.3, -0.25) is 0 Å². The molecule has 0 amide bonds. The number of alkyl halides is 1. The minimum Gasteiger partial charge on any atom is -0.206 e. The molecule has 0 spiro atoms. The fraction of sp³-hybridized carbons (Fsp3) is 0.0769. The van der Waals surface area contributed by atoms with Crippen molar-refractivity contribution in [1.29, 1.82) is 0 Å². The molecular weight excluding hydrogens is 287 g/mol. The van der Waals surface area contributed by atoms with Gasteiger partial charge < -0.3 is 0 Å². The first-order chi connectivity index (χ1) is 7.81. The van der Waals surface area contributed by atoms with Gasteiger partial charge in [-0.2, -0.15) is 0 Å². The average molecular weight is 297 g/mol. The van der Waals surface area contributed by atoms with E-state index in [-0.39, 0.29) is 5.82 Å². The zero-order chi connectivity index (χ0) is 11.4. The van der Waals surface area contributed by atoms with Crippen molar-refractivity contribution in [3.05, 3.63) is 53.2 Å². The third-order valence-corrected chi connectivity index (χ3v) is 3.59. The molecule has 0 aliphatic carbocycles. The first-order valence-corrected chi connectivity index (χ1v) is 6.82. The van der Waals surface area contributed by atoms with E-state index < -0.39 is 0 Å². The van der Waals surface area contributed by atoms with E-state index in [1.807, 2.05) is 30.4 Å². The molecule has 0 saturated carbocycles. The largest absolute Gasteiger partial charge is 0.206 e. The van der Waals surface area contributed by atoms with Gasteiger partial charge in [0.2, 0.25) is 0 Å². The highest BCUT2D eigenvalue weighted by molar-refractivity contribution is 9.09. The molecule has 1 heterocycles. The second-order valence-electron chi connectivity index (χ2n) is 3.24. The van der Waals surface area contributed by atoms with Crippen LogP contribution in [0.1, 0.15) is 4.88 Å². The van der Waals surface area contributed by atoms with Gasteiger partial charge >= 0.3 is 0 Å². The number of hydrogen-bond donors (Lipinski definition) is 0. The third-order valence-electron chi connectivity index (χ3n) is 2.14. The summed E-state index contributed by atoms with van der Waals surface area (Å²) in [5, 5.41) is 0.833. The Kier molecular flexibility index (Phi) is 3.91. The maximum atomic E-state index is 13.5. The van der Waals surface area contributed by atoms with Crippen molar-refractivity contribution < 1.29 is 4.39 Å². The number of hydrogen-bond acceptors (Lipinski definition) is 1. The van der Waals surface area contributed by atoms with Crippen molar-refractivity contribution >= 4 is 33.3 Å². The van der Waals surface area contributed by atoms with Crippen molar-refractivity contribution in [2.75, 3.05) is 5.33 Å². The molecule has 0 fully saturated rings. The van der Waals surface area contributed by atoms with Gasteiger partial charge in [0.1, 0.15) is 5.82 Å². The summed E-state index contributed by atoms with van der Waals surface area (Å²) in [7, 11) is 0. The molecule has 0 atom stereocenters. The molecule has 1 aromatic heterocycles. The van der Waals surface area contributed by atoms with Crippen molar-refractivity contribution in [1.82, 2.24) is 0 Å². The lowest BCUT2D eigenvalue weighted by atomic mass is 10.2. The highest BCUT2D eigenvalue weighted by Crippen LogP contribution is 2.30. The molecule has 0 aliphatic heterocycles. The predicted octanol–water partition coefficient (Wildman–Crippen LogP) is 4.96. The normalized spacial score (nSPS) is 11.1. The summed E-state index contributed by atoms with van der Waals surface area (Å²) in [4.78, 5) is 2.10. The Morgan fingerprint density at radius 3 is 2.75 bits per heavy atom. The van der Waals surface area contributed by atoms with Crippen LogP contribution in [0.3, 0.4) is 0 Å². The quantitative estimate of drug-likeness (QED) is 0.702. The van der Waals surface area contributed by atoms with Gasteiger partial charge in [0.15, 0.2) is 0 Å². The van der Waals surface area contributed by atoms with Crippen LogP contribution in [0.5, 0.6) is 0 Å². The first kappa shape index (κ1) is 11.6. The van der Waals surface area contributed by atoms with E-state index in [4.69, 9.17) is 0 Å². The lowest BCUT2D eigenvalue weighted by molar-refractivity contribution is 0.631. The van der Waals surface area contributed by atoms with E-state index in [2.05, 4.69) is 15.9 Å². The summed E-state index contributed by atoms with van der Waals surface area (Å²) >= 11 is 4.92. The summed E-state index contributed by atoms with van der Waals surface area (Å²) < 4.78 is 13.5. The van der Waals surface area contributed by atoms with Crippen LogP contribution in [0.15, 0.2) is 42.5 Å². The van der Waals surface area contributed by atoms with Crippen LogP contribution in [0, 0.1) is 5.82 Å². The van der Waals surface area contributed by atoms with Crippen LogP contribution >= 0.6 is 27.3 Å². The summed E-state index contributed by atoms with van der Waals surface area (Å²) in [5.41, 5.74) is 0.672. The molecule has 82 valence electrons. The monoisotopic (exact) mass is 296 g/mol. The lowest BCUT2D eigenvalue weighted by Gasteiger charge is -1.97. The second-order valence-corrected chi connectivity index (χ2v) is 5.00. The minimum absolute atomic E-state index is 0.166. The fourth-order valence-electron chi connectivity index (χ4n) is 1.41. The maximum Gasteiger partial charge on any atom is 0.131 e. The zero-order valence-corrected chi connectivity index (χ0v) is 10.9. The van der Waals surface area contributed by atoms with E-state index in [1.54, 1.807) is 23.5 Å². The third kappa shape index (κ3) is 2.60. The number of halogens is 2. The van der Waals surface area contributed by atoms with Gasteiger partial charge in [0.05, 0.1) is 0 Å². The Morgan fingerprint density at radius 2 is 2.00 bits per heavy atom. The smallest absolute Gasteiger partial charge is 0.131 e. The van der Waals surface area contributed by atoms with Gasteiger partial charge in [-0.15, -0.1) is 11.3 Å². The standard InChI is InChI=1S/C13H10BrFS/c14-9-3-4-10-7-8-13(16-10)11-5-1-2-6-12(11)15/h1-8H,9H2. The van der Waals surface area contributed by atoms with Gasteiger partial charge in [0.25, 0.3) is 0 Å². The SMILES string of the molecule is Fc1ccccc1-c1ccc(C=CCBr)s1. The topological polar surface area (TPSA) is 0 Å². The van der Waals surface area contributed by atoms with Gasteiger partial charge in [-0.25, -0.2) is 4.39 Å². The lowest BCUT2D eigenvalue weighted by Crippen LogP contribution is -1.78. The molecular formula is C13H10BrFS. The molecule has 0 saturated heterocycles. The number of thiophene rings is 1. The molecule has 0 radical (unpaired) electrons. The van der Waals surface area contributed by atoms with Crippen LogP contribution in [-0.4, -0.2) is 5.33 Å². The fourth-order valence-corrected chi connectivity index (χ4v) is 2.56. The molecule has 2 rings (SSSR count). The number of allylic oxidation sites excluding steroid dienone is 1. The van der Waals surface area contributed by atoms with E-state index in [9.17, 15) is 4.39 Å². The Morgan fingerprint density at radius 1 is 1.19 bits per heavy atom. The van der Waals surface area contributed by atoms with Crippen LogP contribution in [0.4, 0.5) is 4.39 Å². The Labute approximate surface area is 107 Å². The molecule has 2 aromatic rings. The van der Waals surface area contributed by atoms with E-state index in [0.29, 0.717) is 5.56 Å². The summed E-state index contributed by atoms with van der Waals surface area (Å²) in [6, 6.07) is 10.8. The Bertz CT molecular complexity index is 502. The second kappa shape index (κ2) is 5.41. The van der Waals surface area contributed by atoms with Crippen LogP contribution in [-0.2, 0) is 0 Å². The molecule has 1 aromatic carbocycles. The molecule has 0 N–H and O–H groups in total. The van der Waals surface area contributed by atoms with Crippen LogP contribution in [0.2, 0.25) is 0 Å². The highest BCUT2D eigenvalue weighted by atomic mass is 79.9. The van der Waals surface area contributed by atoms with Gasteiger partial charge in [-0.1, -0.05) is 40.2 Å². The highest BCUT2D eigenvalue weighted by Gasteiger charge is 2.05. The average Bonchev–Trinajstić information content (AvgIpc) is 2.75. The number of benzene rings is 1. The van der Waals surface area contributed by atoms with Crippen LogP contribution < -0.4 is 0 Å². The number of rotatable bonds is 3. The molecule has 0 aliphatic rings. The van der Waals surface area contributed by atoms with Gasteiger partial charge in [0, 0.05) is 20.6 Å². The van der Waals surface area contributed by atoms with E-state index in [0.717, 1.165) is 15.1 Å². The predicted molar refractivity (Wildman–Crippen MR) is 72.5 cm³/mol. The summed E-state index contributed by atoms with van der Waals surface area (Å²) in [6.45, 7) is 0. The molecule has 0 nitrogen and oxygen atoms in total. The van der Waals surface area contributed by atoms with Crippen LogP contribution in [0.25, 0.3) is 16.5 Å². The first-order valence-electron chi connectivity index (χ1n) is 4.88. The zero-order valence-electron chi connectivity index (χ0n) is 8.49. The van der Waals surface area contributed by atoms with Gasteiger partial charge in [-0.05, 0) is 24.3 Å². The minimum atomic E-state index is -0.166. The Balaban J connectivity index is 2.32. The summed E-state index contributed by atoms with van der Waals surface area (Å²) in [6.07, 6.45) is 4.06. The molecule has 0 bridgehead atoms. The molecule has 0 unspecified atom stereocenters. The summed E-state index contributed by atoms with van der Waals surface area (Å²) in [5.74, 6) is -0.166. The molecule has 16 heavy (non-hydrogen) atoms. The maximum absolute atomic E-state index is 13.5. The van der Waals surface area contributed by atoms with E-state index in [1.165, 1.54) is 6.07 Å². The Hall–Kier alpha value is -0.930. The van der Waals surface area contributed by atoms with Crippen molar-refractivity contribution in [3.63, 3.8) is 0 Å². The molecule has 3 heteroatoms. The van der Waals surface area contributed by atoms with Crippen molar-refractivity contribution in [2.45, 2.75) is 0 Å².